The largest absolute Gasteiger partial charge is 0.317 e. The molecule has 0 atom stereocenters. The Labute approximate surface area is 103 Å². The summed E-state index contributed by atoms with van der Waals surface area (Å²) in [6.07, 6.45) is 0.977. The molecule has 0 saturated carbocycles. The summed E-state index contributed by atoms with van der Waals surface area (Å²) in [6.45, 7) is 7.51. The molecule has 0 unspecified atom stereocenters. The van der Waals surface area contributed by atoms with Gasteiger partial charge in [0.1, 0.15) is 0 Å². The molecule has 0 bridgehead atoms. The third kappa shape index (κ3) is 9.08. The number of sulfone groups is 2. The van der Waals surface area contributed by atoms with Crippen LogP contribution in [0.3, 0.4) is 0 Å². The zero-order chi connectivity index (χ0) is 13.4. The quantitative estimate of drug-likeness (QED) is 0.589. The van der Waals surface area contributed by atoms with Gasteiger partial charge < -0.3 is 5.32 Å². The van der Waals surface area contributed by atoms with Crippen LogP contribution in [-0.4, -0.2) is 41.4 Å². The van der Waals surface area contributed by atoms with Gasteiger partial charge in [0.25, 0.3) is 0 Å². The molecule has 0 amide bonds. The predicted molar refractivity (Wildman–Crippen MR) is 70.1 cm³/mol. The minimum atomic E-state index is -3.12. The first kappa shape index (κ1) is 16.3. The van der Waals surface area contributed by atoms with E-state index in [-0.39, 0.29) is 11.5 Å². The third-order valence-corrected chi connectivity index (χ3v) is 4.80. The Morgan fingerprint density at radius 1 is 0.824 bits per heavy atom. The summed E-state index contributed by atoms with van der Waals surface area (Å²) in [5.74, 6) is 0.128. The Morgan fingerprint density at radius 3 is 1.47 bits per heavy atom. The van der Waals surface area contributed by atoms with Crippen molar-refractivity contribution in [3.63, 3.8) is 0 Å². The van der Waals surface area contributed by atoms with Crippen molar-refractivity contribution < 1.29 is 16.8 Å². The normalized spacial score (nSPS) is 12.2. The van der Waals surface area contributed by atoms with Crippen LogP contribution in [0.15, 0.2) is 24.0 Å². The highest BCUT2D eigenvalue weighted by molar-refractivity contribution is 7.94. The van der Waals surface area contributed by atoms with Crippen molar-refractivity contribution in [2.45, 2.75) is 12.8 Å². The molecule has 5 nitrogen and oxygen atoms in total. The van der Waals surface area contributed by atoms with E-state index in [2.05, 4.69) is 18.5 Å². The maximum Gasteiger partial charge on any atom is 0.171 e. The molecule has 0 spiro atoms. The Hall–Kier alpha value is -0.660. The van der Waals surface area contributed by atoms with Crippen LogP contribution in [0, 0.1) is 0 Å². The first-order valence-corrected chi connectivity index (χ1v) is 8.67. The molecular weight excluding hydrogens is 262 g/mol. The van der Waals surface area contributed by atoms with Gasteiger partial charge in [-0.25, -0.2) is 16.8 Å². The van der Waals surface area contributed by atoms with Crippen LogP contribution in [0.5, 0.6) is 0 Å². The van der Waals surface area contributed by atoms with Crippen LogP contribution in [0.4, 0.5) is 0 Å². The fourth-order valence-electron chi connectivity index (χ4n) is 1.09. The highest BCUT2D eigenvalue weighted by Gasteiger charge is 2.05. The minimum Gasteiger partial charge on any atom is -0.317 e. The monoisotopic (exact) mass is 281 g/mol. The zero-order valence-electron chi connectivity index (χ0n) is 9.76. The number of rotatable bonds is 10. The molecule has 0 aliphatic carbocycles. The fourth-order valence-corrected chi connectivity index (χ4v) is 2.52. The summed E-state index contributed by atoms with van der Waals surface area (Å²) < 4.78 is 44.1. The highest BCUT2D eigenvalue weighted by atomic mass is 32.2. The van der Waals surface area contributed by atoms with Crippen LogP contribution >= 0.6 is 0 Å². The lowest BCUT2D eigenvalue weighted by molar-refractivity contribution is 0.592. The molecule has 0 aromatic rings. The van der Waals surface area contributed by atoms with Crippen molar-refractivity contribution in [2.24, 2.45) is 0 Å². The summed E-state index contributed by atoms with van der Waals surface area (Å²) in [7, 11) is -6.25. The van der Waals surface area contributed by atoms with E-state index >= 15 is 0 Å². The van der Waals surface area contributed by atoms with Crippen molar-refractivity contribution >= 4 is 19.7 Å². The second kappa shape index (κ2) is 7.62. The SMILES string of the molecule is C=CS(=O)(=O)CCCNCCCS(=O)(=O)C=C. The molecule has 0 heterocycles. The molecular formula is C10H19NO4S2. The molecule has 100 valence electrons. The lowest BCUT2D eigenvalue weighted by atomic mass is 10.4. The molecule has 0 aliphatic rings. The average molecular weight is 281 g/mol. The van der Waals surface area contributed by atoms with Crippen molar-refractivity contribution in [3.05, 3.63) is 24.0 Å². The summed E-state index contributed by atoms with van der Waals surface area (Å²) in [4.78, 5) is 0. The standard InChI is InChI=1S/C10H19NO4S2/c1-3-16(12,13)9-5-7-11-8-6-10-17(14,15)4-2/h3-4,11H,1-2,5-10H2. The van der Waals surface area contributed by atoms with Gasteiger partial charge in [-0.3, -0.25) is 0 Å². The van der Waals surface area contributed by atoms with Gasteiger partial charge in [0.15, 0.2) is 19.7 Å². The first-order chi connectivity index (χ1) is 7.83. The molecule has 7 heteroatoms. The molecule has 0 saturated heterocycles. The molecule has 0 radical (unpaired) electrons. The average Bonchev–Trinajstić information content (AvgIpc) is 2.27. The fraction of sp³-hybridized carbons (Fsp3) is 0.600. The molecule has 1 N–H and O–H groups in total. The van der Waals surface area contributed by atoms with E-state index in [0.29, 0.717) is 25.9 Å². The third-order valence-electron chi connectivity index (χ3n) is 2.07. The predicted octanol–water partition coefficient (Wildman–Crippen LogP) is 0.473. The Bertz CT molecular complexity index is 395. The van der Waals surface area contributed by atoms with Gasteiger partial charge in [0.05, 0.1) is 11.5 Å². The zero-order valence-corrected chi connectivity index (χ0v) is 11.4. The van der Waals surface area contributed by atoms with E-state index in [1.54, 1.807) is 0 Å². The Morgan fingerprint density at radius 2 is 1.18 bits per heavy atom. The molecule has 17 heavy (non-hydrogen) atoms. The van der Waals surface area contributed by atoms with Crippen molar-refractivity contribution in [1.82, 2.24) is 5.32 Å². The van der Waals surface area contributed by atoms with Gasteiger partial charge in [-0.15, -0.1) is 0 Å². The minimum absolute atomic E-state index is 0.0639. The van der Waals surface area contributed by atoms with Gasteiger partial charge >= 0.3 is 0 Å². The summed E-state index contributed by atoms with van der Waals surface area (Å²) in [5.41, 5.74) is 0. The van der Waals surface area contributed by atoms with Crippen LogP contribution in [0.1, 0.15) is 12.8 Å². The lowest BCUT2D eigenvalue weighted by Gasteiger charge is -2.03. The summed E-state index contributed by atoms with van der Waals surface area (Å²) in [5, 5.41) is 4.88. The smallest absolute Gasteiger partial charge is 0.171 e. The molecule has 0 aromatic heterocycles. The highest BCUT2D eigenvalue weighted by Crippen LogP contribution is 1.95. The van der Waals surface area contributed by atoms with E-state index in [1.165, 1.54) is 0 Å². The lowest BCUT2D eigenvalue weighted by Crippen LogP contribution is -2.21. The number of nitrogens with one attached hydrogen (secondary N) is 1. The summed E-state index contributed by atoms with van der Waals surface area (Å²) in [6, 6.07) is 0. The van der Waals surface area contributed by atoms with Crippen molar-refractivity contribution in [3.8, 4) is 0 Å². The number of hydrogen-bond donors (Lipinski definition) is 1. The first-order valence-electron chi connectivity index (χ1n) is 5.24. The maximum absolute atomic E-state index is 11.0. The van der Waals surface area contributed by atoms with E-state index in [9.17, 15) is 16.8 Å². The van der Waals surface area contributed by atoms with Crippen LogP contribution in [0.2, 0.25) is 0 Å². The van der Waals surface area contributed by atoms with Crippen LogP contribution in [0.25, 0.3) is 0 Å². The maximum atomic E-state index is 11.0. The Kier molecular flexibility index (Phi) is 7.33. The second-order valence-corrected chi connectivity index (χ2v) is 7.66. The van der Waals surface area contributed by atoms with Crippen LogP contribution in [-0.2, 0) is 19.7 Å². The molecule has 0 aromatic carbocycles. The van der Waals surface area contributed by atoms with E-state index in [0.717, 1.165) is 10.8 Å². The van der Waals surface area contributed by atoms with Crippen LogP contribution < -0.4 is 5.32 Å². The van der Waals surface area contributed by atoms with E-state index < -0.39 is 19.7 Å². The van der Waals surface area contributed by atoms with E-state index in [4.69, 9.17) is 0 Å². The topological polar surface area (TPSA) is 80.3 Å². The van der Waals surface area contributed by atoms with Gasteiger partial charge in [-0.05, 0) is 25.9 Å². The molecule has 0 fully saturated rings. The molecule has 0 rings (SSSR count). The second-order valence-electron chi connectivity index (χ2n) is 3.52. The Balaban J connectivity index is 3.55. The summed E-state index contributed by atoms with van der Waals surface area (Å²) >= 11 is 0. The van der Waals surface area contributed by atoms with E-state index in [1.807, 2.05) is 0 Å². The van der Waals surface area contributed by atoms with Crippen molar-refractivity contribution in [2.75, 3.05) is 24.6 Å². The van der Waals surface area contributed by atoms with Gasteiger partial charge in [0, 0.05) is 10.8 Å². The van der Waals surface area contributed by atoms with Gasteiger partial charge in [-0.1, -0.05) is 13.2 Å². The number of hydrogen-bond acceptors (Lipinski definition) is 5. The molecule has 0 aliphatic heterocycles. The van der Waals surface area contributed by atoms with Gasteiger partial charge in [-0.2, -0.15) is 0 Å². The van der Waals surface area contributed by atoms with Crippen molar-refractivity contribution in [1.29, 1.82) is 0 Å². The van der Waals surface area contributed by atoms with Gasteiger partial charge in [0.2, 0.25) is 0 Å².